The van der Waals surface area contributed by atoms with E-state index in [0.29, 0.717) is 19.5 Å². The second-order valence-electron chi connectivity index (χ2n) is 5.33. The average Bonchev–Trinajstić information content (AvgIpc) is 3.03. The van der Waals surface area contributed by atoms with E-state index in [9.17, 15) is 4.79 Å². The van der Waals surface area contributed by atoms with Gasteiger partial charge in [0.25, 0.3) is 0 Å². The van der Waals surface area contributed by atoms with E-state index >= 15 is 0 Å². The first-order valence-electron chi connectivity index (χ1n) is 7.74. The number of carbonyl (C=O) groups is 1. The van der Waals surface area contributed by atoms with E-state index in [-0.39, 0.29) is 5.91 Å². The van der Waals surface area contributed by atoms with Crippen molar-refractivity contribution < 1.29 is 9.53 Å². The van der Waals surface area contributed by atoms with Gasteiger partial charge < -0.3 is 15.4 Å². The number of rotatable bonds is 7. The fourth-order valence-electron chi connectivity index (χ4n) is 2.39. The van der Waals surface area contributed by atoms with E-state index in [2.05, 4.69) is 21.1 Å². The van der Waals surface area contributed by atoms with Gasteiger partial charge in [0.1, 0.15) is 11.6 Å². The van der Waals surface area contributed by atoms with Crippen molar-refractivity contribution in [1.82, 2.24) is 9.69 Å². The molecule has 5 nitrogen and oxygen atoms in total. The lowest BCUT2D eigenvalue weighted by Gasteiger charge is -2.07. The molecule has 2 N–H and O–H groups in total. The fraction of sp³-hybridized carbons (Fsp3) is 0.222. The summed E-state index contributed by atoms with van der Waals surface area (Å²) in [6.07, 6.45) is 0.365. The predicted octanol–water partition coefficient (Wildman–Crippen LogP) is 3.08. The molecule has 1 amide bonds. The van der Waals surface area contributed by atoms with Crippen LogP contribution in [0.15, 0.2) is 48.5 Å². The molecule has 0 saturated heterocycles. The first kappa shape index (κ1) is 16.3. The van der Waals surface area contributed by atoms with Crippen LogP contribution in [0.3, 0.4) is 0 Å². The predicted molar refractivity (Wildman–Crippen MR) is 97.8 cm³/mol. The van der Waals surface area contributed by atoms with Crippen molar-refractivity contribution in [1.29, 1.82) is 0 Å². The Morgan fingerprint density at radius 3 is 2.71 bits per heavy atom. The molecular formula is C18H19N3O2S. The number of hydrogen-bond acceptors (Lipinski definition) is 5. The molecule has 3 aromatic rings. The third-order valence-corrected chi connectivity index (χ3v) is 4.47. The van der Waals surface area contributed by atoms with Crippen molar-refractivity contribution >= 4 is 33.3 Å². The third kappa shape index (κ3) is 4.02. The van der Waals surface area contributed by atoms with Gasteiger partial charge >= 0.3 is 0 Å². The maximum absolute atomic E-state index is 12.0. The van der Waals surface area contributed by atoms with Gasteiger partial charge in [-0.15, -0.1) is 0 Å². The highest BCUT2D eigenvalue weighted by Gasteiger charge is 2.05. The molecule has 0 bridgehead atoms. The van der Waals surface area contributed by atoms with Gasteiger partial charge in [0.15, 0.2) is 0 Å². The zero-order chi connectivity index (χ0) is 16.8. The van der Waals surface area contributed by atoms with Gasteiger partial charge in [-0.1, -0.05) is 24.3 Å². The smallest absolute Gasteiger partial charge is 0.224 e. The average molecular weight is 341 g/mol. The standard InChI is InChI=1S/C18H19N3O2S/c1-23-14-8-6-13(7-9-14)12-17(22)19-10-11-20-18-15-4-2-3-5-16(15)24-21-18/h2-9H,10-12H2,1H3,(H,19,22)(H,20,21). The zero-order valence-corrected chi connectivity index (χ0v) is 14.2. The molecule has 1 aromatic heterocycles. The fourth-order valence-corrected chi connectivity index (χ4v) is 3.14. The molecule has 3 rings (SSSR count). The topological polar surface area (TPSA) is 63.2 Å². The van der Waals surface area contributed by atoms with Crippen molar-refractivity contribution in [2.24, 2.45) is 0 Å². The number of amides is 1. The SMILES string of the molecule is COc1ccc(CC(=O)NCCNc2nsc3ccccc23)cc1. The van der Waals surface area contributed by atoms with E-state index in [1.165, 1.54) is 11.5 Å². The molecule has 0 aliphatic heterocycles. The minimum absolute atomic E-state index is 0.00472. The van der Waals surface area contributed by atoms with E-state index < -0.39 is 0 Å². The van der Waals surface area contributed by atoms with Crippen molar-refractivity contribution in [3.05, 3.63) is 54.1 Å². The van der Waals surface area contributed by atoms with Crippen LogP contribution in [0.25, 0.3) is 10.1 Å². The minimum atomic E-state index is 0.00472. The number of anilines is 1. The molecule has 0 saturated carbocycles. The molecule has 2 aromatic carbocycles. The first-order valence-corrected chi connectivity index (χ1v) is 8.51. The van der Waals surface area contributed by atoms with Crippen LogP contribution in [-0.2, 0) is 11.2 Å². The summed E-state index contributed by atoms with van der Waals surface area (Å²) in [5.74, 6) is 1.67. The van der Waals surface area contributed by atoms with Crippen LogP contribution in [-0.4, -0.2) is 30.5 Å². The van der Waals surface area contributed by atoms with Crippen LogP contribution in [0.4, 0.5) is 5.82 Å². The Labute approximate surface area is 144 Å². The van der Waals surface area contributed by atoms with Crippen LogP contribution >= 0.6 is 11.5 Å². The summed E-state index contributed by atoms with van der Waals surface area (Å²) in [5.41, 5.74) is 0.965. The molecular weight excluding hydrogens is 322 g/mol. The summed E-state index contributed by atoms with van der Waals surface area (Å²) in [7, 11) is 1.63. The quantitative estimate of drug-likeness (QED) is 0.648. The van der Waals surface area contributed by atoms with Gasteiger partial charge in [-0.05, 0) is 41.4 Å². The van der Waals surface area contributed by atoms with Crippen LogP contribution in [0.1, 0.15) is 5.56 Å². The molecule has 0 spiro atoms. The number of ether oxygens (including phenoxy) is 1. The summed E-state index contributed by atoms with van der Waals surface area (Å²) in [5, 5.41) is 7.30. The summed E-state index contributed by atoms with van der Waals surface area (Å²) in [6, 6.07) is 15.6. The number of hydrogen-bond donors (Lipinski definition) is 2. The molecule has 6 heteroatoms. The maximum atomic E-state index is 12.0. The number of fused-ring (bicyclic) bond motifs is 1. The largest absolute Gasteiger partial charge is 0.497 e. The lowest BCUT2D eigenvalue weighted by molar-refractivity contribution is -0.120. The van der Waals surface area contributed by atoms with E-state index in [1.54, 1.807) is 7.11 Å². The van der Waals surface area contributed by atoms with Crippen molar-refractivity contribution in [2.45, 2.75) is 6.42 Å². The number of benzene rings is 2. The molecule has 0 fully saturated rings. The second-order valence-corrected chi connectivity index (χ2v) is 6.13. The second kappa shape index (κ2) is 7.79. The molecule has 0 atom stereocenters. The number of aromatic nitrogens is 1. The first-order chi connectivity index (χ1) is 11.8. The van der Waals surface area contributed by atoms with Crippen LogP contribution < -0.4 is 15.4 Å². The molecule has 1 heterocycles. The van der Waals surface area contributed by atoms with Gasteiger partial charge in [-0.25, -0.2) is 0 Å². The zero-order valence-electron chi connectivity index (χ0n) is 13.4. The van der Waals surface area contributed by atoms with Crippen LogP contribution in [0, 0.1) is 0 Å². The van der Waals surface area contributed by atoms with E-state index in [1.807, 2.05) is 42.5 Å². The highest BCUT2D eigenvalue weighted by molar-refractivity contribution is 7.13. The maximum Gasteiger partial charge on any atom is 0.224 e. The van der Waals surface area contributed by atoms with Crippen LogP contribution in [0.2, 0.25) is 0 Å². The summed E-state index contributed by atoms with van der Waals surface area (Å²) < 4.78 is 10.7. The van der Waals surface area contributed by atoms with Gasteiger partial charge in [0.05, 0.1) is 18.2 Å². The van der Waals surface area contributed by atoms with Crippen molar-refractivity contribution in [2.75, 3.05) is 25.5 Å². The highest BCUT2D eigenvalue weighted by atomic mass is 32.1. The van der Waals surface area contributed by atoms with Gasteiger partial charge in [-0.3, -0.25) is 4.79 Å². The number of carbonyl (C=O) groups excluding carboxylic acids is 1. The number of nitrogens with one attached hydrogen (secondary N) is 2. The Kier molecular flexibility index (Phi) is 5.28. The van der Waals surface area contributed by atoms with Gasteiger partial charge in [-0.2, -0.15) is 4.37 Å². The normalized spacial score (nSPS) is 10.5. The van der Waals surface area contributed by atoms with Gasteiger partial charge in [0.2, 0.25) is 5.91 Å². The third-order valence-electron chi connectivity index (χ3n) is 3.64. The molecule has 0 radical (unpaired) electrons. The molecule has 0 aliphatic rings. The monoisotopic (exact) mass is 341 g/mol. The van der Waals surface area contributed by atoms with Crippen LogP contribution in [0.5, 0.6) is 5.75 Å². The molecule has 124 valence electrons. The highest BCUT2D eigenvalue weighted by Crippen LogP contribution is 2.25. The Balaban J connectivity index is 1.43. The Morgan fingerprint density at radius 1 is 1.12 bits per heavy atom. The minimum Gasteiger partial charge on any atom is -0.497 e. The summed E-state index contributed by atoms with van der Waals surface area (Å²) >= 11 is 1.47. The van der Waals surface area contributed by atoms with Crippen molar-refractivity contribution in [3.63, 3.8) is 0 Å². The molecule has 0 unspecified atom stereocenters. The van der Waals surface area contributed by atoms with E-state index in [0.717, 1.165) is 27.2 Å². The Bertz CT molecular complexity index is 815. The van der Waals surface area contributed by atoms with Crippen molar-refractivity contribution in [3.8, 4) is 5.75 Å². The molecule has 0 aliphatic carbocycles. The Hall–Kier alpha value is -2.60. The summed E-state index contributed by atoms with van der Waals surface area (Å²) in [6.45, 7) is 1.20. The lowest BCUT2D eigenvalue weighted by atomic mass is 10.1. The lowest BCUT2D eigenvalue weighted by Crippen LogP contribution is -2.30. The number of nitrogens with zero attached hydrogens (tertiary/aromatic N) is 1. The van der Waals surface area contributed by atoms with E-state index in [4.69, 9.17) is 4.74 Å². The molecule has 24 heavy (non-hydrogen) atoms. The van der Waals surface area contributed by atoms with Gasteiger partial charge in [0, 0.05) is 18.5 Å². The Morgan fingerprint density at radius 2 is 1.92 bits per heavy atom. The summed E-state index contributed by atoms with van der Waals surface area (Å²) in [4.78, 5) is 12.0. The number of methoxy groups -OCH3 is 1.